The van der Waals surface area contributed by atoms with E-state index in [2.05, 4.69) is 31.9 Å². The first kappa shape index (κ1) is 17.4. The fourth-order valence-corrected chi connectivity index (χ4v) is 5.73. The van der Waals surface area contributed by atoms with Crippen molar-refractivity contribution in [2.45, 2.75) is 17.3 Å². The predicted molar refractivity (Wildman–Crippen MR) is 94.4 cm³/mol. The van der Waals surface area contributed by atoms with Crippen molar-refractivity contribution >= 4 is 64.8 Å². The highest BCUT2D eigenvalue weighted by Crippen LogP contribution is 2.28. The van der Waals surface area contributed by atoms with Crippen LogP contribution in [-0.4, -0.2) is 19.8 Å². The Morgan fingerprint density at radius 2 is 2.00 bits per heavy atom. The molecule has 21 heavy (non-hydrogen) atoms. The third-order valence-electron chi connectivity index (χ3n) is 2.84. The highest BCUT2D eigenvalue weighted by Gasteiger charge is 2.24. The summed E-state index contributed by atoms with van der Waals surface area (Å²) in [5.74, 6) is 0.345. The van der Waals surface area contributed by atoms with Crippen molar-refractivity contribution in [3.8, 4) is 0 Å². The van der Waals surface area contributed by atoms with E-state index < -0.39 is 10.0 Å². The second-order valence-electron chi connectivity index (χ2n) is 4.39. The van der Waals surface area contributed by atoms with Gasteiger partial charge in [-0.15, -0.1) is 22.9 Å². The molecule has 0 saturated heterocycles. The van der Waals surface area contributed by atoms with E-state index in [0.717, 1.165) is 14.9 Å². The Morgan fingerprint density at radius 3 is 2.52 bits per heavy atom. The largest absolute Gasteiger partial charge is 0.244 e. The maximum absolute atomic E-state index is 12.6. The van der Waals surface area contributed by atoms with E-state index in [4.69, 9.17) is 11.6 Å². The molecular formula is C13H12Br2ClNO2S2. The molecule has 0 aliphatic carbocycles. The first-order valence-corrected chi connectivity index (χ1v) is 10.3. The molecule has 1 aromatic heterocycles. The van der Waals surface area contributed by atoms with E-state index in [1.807, 2.05) is 11.4 Å². The van der Waals surface area contributed by atoms with Crippen LogP contribution in [0.3, 0.4) is 0 Å². The van der Waals surface area contributed by atoms with E-state index >= 15 is 0 Å². The van der Waals surface area contributed by atoms with Crippen LogP contribution in [0.25, 0.3) is 0 Å². The van der Waals surface area contributed by atoms with Gasteiger partial charge in [-0.1, -0.05) is 6.07 Å². The average molecular weight is 474 g/mol. The fraction of sp³-hybridized carbons (Fsp3) is 0.231. The zero-order valence-electron chi connectivity index (χ0n) is 11.0. The quantitative estimate of drug-likeness (QED) is 0.583. The molecule has 8 heteroatoms. The molecule has 3 nitrogen and oxygen atoms in total. The van der Waals surface area contributed by atoms with Gasteiger partial charge in [-0.2, -0.15) is 4.31 Å². The van der Waals surface area contributed by atoms with Gasteiger partial charge in [0.25, 0.3) is 0 Å². The van der Waals surface area contributed by atoms with Gasteiger partial charge in [0, 0.05) is 38.7 Å². The van der Waals surface area contributed by atoms with Gasteiger partial charge in [-0.3, -0.25) is 0 Å². The van der Waals surface area contributed by atoms with Crippen molar-refractivity contribution in [3.05, 3.63) is 49.0 Å². The van der Waals surface area contributed by atoms with E-state index in [1.54, 1.807) is 25.2 Å². The lowest BCUT2D eigenvalue weighted by molar-refractivity contribution is 0.469. The Hall–Kier alpha value is 0.0800. The van der Waals surface area contributed by atoms with Crippen LogP contribution in [0.4, 0.5) is 0 Å². The minimum absolute atomic E-state index is 0.245. The van der Waals surface area contributed by atoms with E-state index in [9.17, 15) is 8.42 Å². The van der Waals surface area contributed by atoms with Gasteiger partial charge in [0.1, 0.15) is 0 Å². The minimum atomic E-state index is -3.55. The van der Waals surface area contributed by atoms with Crippen LogP contribution in [0.1, 0.15) is 10.4 Å². The van der Waals surface area contributed by atoms with Crippen LogP contribution in [0, 0.1) is 0 Å². The Kier molecular flexibility index (Phi) is 5.90. The van der Waals surface area contributed by atoms with Crippen molar-refractivity contribution in [1.82, 2.24) is 4.31 Å². The second kappa shape index (κ2) is 7.10. The molecule has 0 amide bonds. The Bertz CT molecular complexity index is 746. The Morgan fingerprint density at radius 1 is 1.29 bits per heavy atom. The zero-order chi connectivity index (χ0) is 15.6. The monoisotopic (exact) mass is 471 g/mol. The van der Waals surface area contributed by atoms with Crippen molar-refractivity contribution < 1.29 is 8.42 Å². The van der Waals surface area contributed by atoms with E-state index in [-0.39, 0.29) is 4.90 Å². The van der Waals surface area contributed by atoms with Crippen molar-refractivity contribution in [2.24, 2.45) is 0 Å². The highest BCUT2D eigenvalue weighted by atomic mass is 79.9. The van der Waals surface area contributed by atoms with E-state index in [0.29, 0.717) is 16.9 Å². The SMILES string of the molecule is CN(Cc1cc(Br)cs1)S(=O)(=O)c1ccc(CCl)cc1Br. The van der Waals surface area contributed by atoms with Crippen molar-refractivity contribution in [2.75, 3.05) is 7.05 Å². The summed E-state index contributed by atoms with van der Waals surface area (Å²) in [6.07, 6.45) is 0. The summed E-state index contributed by atoms with van der Waals surface area (Å²) in [6, 6.07) is 6.95. The summed E-state index contributed by atoms with van der Waals surface area (Å²) in [6.45, 7) is 0.336. The lowest BCUT2D eigenvalue weighted by atomic mass is 10.2. The lowest BCUT2D eigenvalue weighted by Gasteiger charge is -2.17. The lowest BCUT2D eigenvalue weighted by Crippen LogP contribution is -2.26. The van der Waals surface area contributed by atoms with Gasteiger partial charge in [-0.05, 0) is 55.6 Å². The van der Waals surface area contributed by atoms with Gasteiger partial charge in [0.2, 0.25) is 10.0 Å². The van der Waals surface area contributed by atoms with Gasteiger partial charge >= 0.3 is 0 Å². The molecule has 0 radical (unpaired) electrons. The molecule has 0 atom stereocenters. The molecule has 0 spiro atoms. The van der Waals surface area contributed by atoms with Crippen LogP contribution < -0.4 is 0 Å². The maximum Gasteiger partial charge on any atom is 0.244 e. The third kappa shape index (κ3) is 4.09. The molecule has 1 heterocycles. The van der Waals surface area contributed by atoms with Gasteiger partial charge in [-0.25, -0.2) is 8.42 Å². The summed E-state index contributed by atoms with van der Waals surface area (Å²) in [5.41, 5.74) is 0.868. The number of sulfonamides is 1. The summed E-state index contributed by atoms with van der Waals surface area (Å²) in [7, 11) is -1.97. The fourth-order valence-electron chi connectivity index (χ4n) is 1.75. The number of rotatable bonds is 5. The number of hydrogen-bond acceptors (Lipinski definition) is 3. The van der Waals surface area contributed by atoms with E-state index in [1.165, 1.54) is 15.6 Å². The maximum atomic E-state index is 12.6. The van der Waals surface area contributed by atoms with Gasteiger partial charge in [0.05, 0.1) is 4.90 Å². The number of alkyl halides is 1. The molecular weight excluding hydrogens is 462 g/mol. The second-order valence-corrected chi connectivity index (χ2v) is 9.44. The smallest absolute Gasteiger partial charge is 0.207 e. The normalized spacial score (nSPS) is 12.0. The molecule has 2 rings (SSSR count). The van der Waals surface area contributed by atoms with Crippen LogP contribution in [-0.2, 0) is 22.4 Å². The molecule has 0 saturated carbocycles. The molecule has 0 aliphatic rings. The van der Waals surface area contributed by atoms with Crippen LogP contribution >= 0.6 is 54.8 Å². The molecule has 0 aliphatic heterocycles. The van der Waals surface area contributed by atoms with Crippen molar-refractivity contribution in [3.63, 3.8) is 0 Å². The van der Waals surface area contributed by atoms with Crippen molar-refractivity contribution in [1.29, 1.82) is 0 Å². The zero-order valence-corrected chi connectivity index (χ0v) is 16.6. The molecule has 0 fully saturated rings. The Labute approximate surface area is 150 Å². The number of benzene rings is 1. The van der Waals surface area contributed by atoms with Crippen LogP contribution in [0.15, 0.2) is 43.5 Å². The summed E-state index contributed by atoms with van der Waals surface area (Å²) in [5, 5.41) is 1.93. The summed E-state index contributed by atoms with van der Waals surface area (Å²) < 4.78 is 28.1. The number of hydrogen-bond donors (Lipinski definition) is 0. The topological polar surface area (TPSA) is 37.4 Å². The third-order valence-corrected chi connectivity index (χ3v) is 7.61. The van der Waals surface area contributed by atoms with Crippen LogP contribution in [0.2, 0.25) is 0 Å². The van der Waals surface area contributed by atoms with Crippen LogP contribution in [0.5, 0.6) is 0 Å². The number of thiophene rings is 1. The molecule has 0 bridgehead atoms. The highest BCUT2D eigenvalue weighted by molar-refractivity contribution is 9.10. The molecule has 0 unspecified atom stereocenters. The number of nitrogens with zero attached hydrogens (tertiary/aromatic N) is 1. The Balaban J connectivity index is 2.28. The predicted octanol–water partition coefficient (Wildman–Crippen LogP) is 4.83. The molecule has 114 valence electrons. The standard InChI is InChI=1S/C13H12Br2ClNO2S2/c1-17(7-11-5-10(14)8-20-11)21(18,19)13-3-2-9(6-16)4-12(13)15/h2-5,8H,6-7H2,1H3. The van der Waals surface area contributed by atoms with Gasteiger partial charge in [0.15, 0.2) is 0 Å². The summed E-state index contributed by atoms with van der Waals surface area (Å²) >= 11 is 14.0. The first-order chi connectivity index (χ1) is 9.84. The summed E-state index contributed by atoms with van der Waals surface area (Å²) in [4.78, 5) is 1.22. The minimum Gasteiger partial charge on any atom is -0.207 e. The molecule has 0 N–H and O–H groups in total. The average Bonchev–Trinajstić information content (AvgIpc) is 2.83. The van der Waals surface area contributed by atoms with Gasteiger partial charge < -0.3 is 0 Å². The number of halogens is 3. The first-order valence-electron chi connectivity index (χ1n) is 5.88. The molecule has 1 aromatic carbocycles. The molecule has 2 aromatic rings.